The van der Waals surface area contributed by atoms with E-state index in [0.717, 1.165) is 19.3 Å². The van der Waals surface area contributed by atoms with Crippen molar-refractivity contribution < 1.29 is 73.8 Å². The van der Waals surface area contributed by atoms with Crippen LogP contribution in [0.1, 0.15) is 155 Å². The van der Waals surface area contributed by atoms with Crippen LogP contribution in [0.15, 0.2) is 0 Å². The highest BCUT2D eigenvalue weighted by molar-refractivity contribution is 5.70. The first-order chi connectivity index (χ1) is 27.0. The van der Waals surface area contributed by atoms with Gasteiger partial charge in [0.2, 0.25) is 0 Å². The normalized spacial score (nSPS) is 28.6. The molecule has 2 saturated heterocycles. The van der Waals surface area contributed by atoms with Gasteiger partial charge < -0.3 is 64.2 Å². The predicted octanol–water partition coefficient (Wildman–Crippen LogP) is 3.70. The summed E-state index contributed by atoms with van der Waals surface area (Å²) in [6.07, 6.45) is 8.59. The maximum Gasteiger partial charge on any atom is 0.306 e. The van der Waals surface area contributed by atoms with E-state index >= 15 is 0 Å². The molecule has 7 N–H and O–H groups in total. The minimum atomic E-state index is -1.75. The largest absolute Gasteiger partial charge is 0.462 e. The van der Waals surface area contributed by atoms with Crippen LogP contribution in [-0.2, 0) is 38.0 Å². The molecule has 0 radical (unpaired) electrons. The molecule has 15 nitrogen and oxygen atoms in total. The van der Waals surface area contributed by atoms with Crippen molar-refractivity contribution in [1.29, 1.82) is 0 Å². The minimum absolute atomic E-state index is 0.103. The van der Waals surface area contributed by atoms with Gasteiger partial charge in [-0.05, 0) is 6.42 Å². The summed E-state index contributed by atoms with van der Waals surface area (Å²) in [5, 5.41) is 71.2. The molecule has 0 amide bonds. The van der Waals surface area contributed by atoms with Crippen molar-refractivity contribution in [2.45, 2.75) is 223 Å². The number of unbranched alkanes of at least 4 members (excludes halogenated alkanes) is 19. The summed E-state index contributed by atoms with van der Waals surface area (Å²) in [5.41, 5.74) is 0. The SMILES string of the molecule is CCCCCCCCCCCCCCCCCCCCCCC(=O)OC(COC(=O)CC)COC1OC(COC2OC(CO)C(O)C(O)C2O)C(O)C(O)C1O. The third kappa shape index (κ3) is 20.0. The average molecular weight is 809 g/mol. The first-order valence-electron chi connectivity index (χ1n) is 21.6. The summed E-state index contributed by atoms with van der Waals surface area (Å²) in [6, 6.07) is 0. The standard InChI is InChI=1S/C41H76O15/c1-3-5-6-7-8-9-10-11-12-13-14-15-16-17-18-19-20-21-22-23-24-33(44)54-29(26-51-32(43)4-2)27-52-40-39(50)37(48)35(46)31(56-40)28-53-41-38(49)36(47)34(45)30(25-42)55-41/h29-31,34-42,45-50H,3-28H2,1-2H3. The van der Waals surface area contributed by atoms with Crippen LogP contribution >= 0.6 is 0 Å². The molecule has 330 valence electrons. The van der Waals surface area contributed by atoms with Gasteiger partial charge in [0.15, 0.2) is 18.7 Å². The van der Waals surface area contributed by atoms with Gasteiger partial charge in [-0.1, -0.05) is 136 Å². The van der Waals surface area contributed by atoms with Gasteiger partial charge in [0.1, 0.15) is 55.4 Å². The Balaban J connectivity index is 1.64. The number of rotatable bonds is 32. The summed E-state index contributed by atoms with van der Waals surface area (Å²) < 4.78 is 32.7. The van der Waals surface area contributed by atoms with Crippen molar-refractivity contribution in [2.75, 3.05) is 26.4 Å². The Hall–Kier alpha value is -1.50. The molecular weight excluding hydrogens is 732 g/mol. The summed E-state index contributed by atoms with van der Waals surface area (Å²) in [7, 11) is 0. The highest BCUT2D eigenvalue weighted by Gasteiger charge is 2.47. The van der Waals surface area contributed by atoms with Crippen molar-refractivity contribution in [3.8, 4) is 0 Å². The van der Waals surface area contributed by atoms with Crippen molar-refractivity contribution in [3.05, 3.63) is 0 Å². The Bertz CT molecular complexity index is 1000. The highest BCUT2D eigenvalue weighted by atomic mass is 16.7. The number of hydrogen-bond acceptors (Lipinski definition) is 15. The Morgan fingerprint density at radius 3 is 1.41 bits per heavy atom. The Morgan fingerprint density at radius 1 is 0.518 bits per heavy atom. The molecular formula is C41H76O15. The third-order valence-corrected chi connectivity index (χ3v) is 10.6. The van der Waals surface area contributed by atoms with Gasteiger partial charge in [-0.3, -0.25) is 9.59 Å². The molecule has 2 fully saturated rings. The highest BCUT2D eigenvalue weighted by Crippen LogP contribution is 2.26. The van der Waals surface area contributed by atoms with Crippen LogP contribution in [-0.4, -0.2) is 142 Å². The van der Waals surface area contributed by atoms with E-state index in [1.54, 1.807) is 6.92 Å². The lowest BCUT2D eigenvalue weighted by molar-refractivity contribution is -0.332. The molecule has 0 aromatic heterocycles. The van der Waals surface area contributed by atoms with Crippen LogP contribution < -0.4 is 0 Å². The lowest BCUT2D eigenvalue weighted by Crippen LogP contribution is -2.61. The molecule has 11 unspecified atom stereocenters. The molecule has 0 aromatic carbocycles. The number of carbonyl (C=O) groups excluding carboxylic acids is 2. The van der Waals surface area contributed by atoms with E-state index in [2.05, 4.69) is 6.92 Å². The molecule has 2 heterocycles. The van der Waals surface area contributed by atoms with Crippen molar-refractivity contribution in [1.82, 2.24) is 0 Å². The Morgan fingerprint density at radius 2 is 0.946 bits per heavy atom. The first kappa shape index (κ1) is 50.6. The second-order valence-corrected chi connectivity index (χ2v) is 15.5. The van der Waals surface area contributed by atoms with E-state index in [-0.39, 0.29) is 26.1 Å². The smallest absolute Gasteiger partial charge is 0.306 e. The van der Waals surface area contributed by atoms with Crippen molar-refractivity contribution in [3.63, 3.8) is 0 Å². The van der Waals surface area contributed by atoms with E-state index in [0.29, 0.717) is 6.42 Å². The molecule has 0 spiro atoms. The number of ether oxygens (including phenoxy) is 6. The molecule has 2 rings (SSSR count). The first-order valence-corrected chi connectivity index (χ1v) is 21.6. The minimum Gasteiger partial charge on any atom is -0.462 e. The van der Waals surface area contributed by atoms with Crippen molar-refractivity contribution in [2.24, 2.45) is 0 Å². The van der Waals surface area contributed by atoms with Crippen LogP contribution in [0.4, 0.5) is 0 Å². The van der Waals surface area contributed by atoms with E-state index in [1.807, 2.05) is 0 Å². The number of esters is 2. The fourth-order valence-corrected chi connectivity index (χ4v) is 6.96. The zero-order valence-corrected chi connectivity index (χ0v) is 34.1. The molecule has 2 aliphatic rings. The molecule has 0 saturated carbocycles. The second-order valence-electron chi connectivity index (χ2n) is 15.5. The quantitative estimate of drug-likeness (QED) is 0.0380. The van der Waals surface area contributed by atoms with Gasteiger partial charge in [-0.25, -0.2) is 0 Å². The molecule has 0 bridgehead atoms. The van der Waals surface area contributed by atoms with Crippen LogP contribution in [0.2, 0.25) is 0 Å². The maximum absolute atomic E-state index is 12.7. The Labute approximate surface area is 334 Å². The van der Waals surface area contributed by atoms with Crippen molar-refractivity contribution >= 4 is 11.9 Å². The summed E-state index contributed by atoms with van der Waals surface area (Å²) in [5.74, 6) is -1.02. The number of aliphatic hydroxyl groups excluding tert-OH is 7. The van der Waals surface area contributed by atoms with Gasteiger partial charge in [0, 0.05) is 12.8 Å². The fraction of sp³-hybridized carbons (Fsp3) is 0.951. The third-order valence-electron chi connectivity index (χ3n) is 10.6. The van der Waals surface area contributed by atoms with E-state index in [9.17, 15) is 45.3 Å². The number of aliphatic hydroxyl groups is 7. The molecule has 56 heavy (non-hydrogen) atoms. The monoisotopic (exact) mass is 809 g/mol. The predicted molar refractivity (Wildman–Crippen MR) is 206 cm³/mol. The number of hydrogen-bond donors (Lipinski definition) is 7. The second kappa shape index (κ2) is 30.5. The molecule has 0 aliphatic carbocycles. The average Bonchev–Trinajstić information content (AvgIpc) is 3.19. The van der Waals surface area contributed by atoms with Gasteiger partial charge >= 0.3 is 11.9 Å². The maximum atomic E-state index is 12.7. The van der Waals surface area contributed by atoms with Crippen LogP contribution in [0.5, 0.6) is 0 Å². The van der Waals surface area contributed by atoms with E-state index in [1.165, 1.54) is 103 Å². The van der Waals surface area contributed by atoms with Gasteiger partial charge in [0.25, 0.3) is 0 Å². The molecule has 15 heteroatoms. The Kier molecular flexibility index (Phi) is 27.6. The summed E-state index contributed by atoms with van der Waals surface area (Å²) in [4.78, 5) is 24.5. The van der Waals surface area contributed by atoms with Crippen LogP contribution in [0.3, 0.4) is 0 Å². The lowest BCUT2D eigenvalue weighted by Gasteiger charge is -2.42. The zero-order chi connectivity index (χ0) is 41.1. The topological polar surface area (TPSA) is 231 Å². The molecule has 11 atom stereocenters. The molecule has 0 aromatic rings. The summed E-state index contributed by atoms with van der Waals surface area (Å²) >= 11 is 0. The van der Waals surface area contributed by atoms with Gasteiger partial charge in [-0.15, -0.1) is 0 Å². The number of carbonyl (C=O) groups is 2. The fourth-order valence-electron chi connectivity index (χ4n) is 6.96. The van der Waals surface area contributed by atoms with Gasteiger partial charge in [-0.2, -0.15) is 0 Å². The van der Waals surface area contributed by atoms with E-state index < -0.39 is 92.7 Å². The van der Waals surface area contributed by atoms with E-state index in [4.69, 9.17) is 28.4 Å². The van der Waals surface area contributed by atoms with Crippen LogP contribution in [0, 0.1) is 0 Å². The summed E-state index contributed by atoms with van der Waals surface area (Å²) in [6.45, 7) is 1.98. The molecule has 2 aliphatic heterocycles. The lowest BCUT2D eigenvalue weighted by atomic mass is 9.98. The zero-order valence-electron chi connectivity index (χ0n) is 34.1. The van der Waals surface area contributed by atoms with Gasteiger partial charge in [0.05, 0.1) is 19.8 Å². The van der Waals surface area contributed by atoms with Crippen LogP contribution in [0.25, 0.3) is 0 Å².